The monoisotopic (exact) mass is 309 g/mol. The lowest BCUT2D eigenvalue weighted by atomic mass is 10.2. The Hall–Kier alpha value is -1.65. The van der Waals surface area contributed by atoms with E-state index in [0.29, 0.717) is 18.3 Å². The highest BCUT2D eigenvalue weighted by atomic mass is 35.5. The average molecular weight is 310 g/mol. The summed E-state index contributed by atoms with van der Waals surface area (Å²) in [4.78, 5) is 0. The van der Waals surface area contributed by atoms with E-state index >= 15 is 0 Å². The fourth-order valence-electron chi connectivity index (χ4n) is 1.95. The summed E-state index contributed by atoms with van der Waals surface area (Å²) >= 11 is 5.66. The molecule has 0 radical (unpaired) electrons. The maximum absolute atomic E-state index is 14.0. The zero-order valence-corrected chi connectivity index (χ0v) is 12.0. The summed E-state index contributed by atoms with van der Waals surface area (Å²) in [6, 6.07) is 9.29. The van der Waals surface area contributed by atoms with Gasteiger partial charge in [-0.3, -0.25) is 0 Å². The van der Waals surface area contributed by atoms with Crippen molar-refractivity contribution in [3.8, 4) is 11.5 Å². The number of halogens is 3. The summed E-state index contributed by atoms with van der Waals surface area (Å²) in [5.74, 6) is -0.603. The van der Waals surface area contributed by atoms with Gasteiger partial charge < -0.3 is 10.1 Å². The number of hydrogen-bond donors (Lipinski definition) is 1. The zero-order chi connectivity index (χ0) is 14.8. The smallest absolute Gasteiger partial charge is 0.166 e. The van der Waals surface area contributed by atoms with Crippen molar-refractivity contribution < 1.29 is 13.5 Å². The summed E-state index contributed by atoms with van der Waals surface area (Å²) in [5.41, 5.74) is 0.865. The lowest BCUT2D eigenvalue weighted by molar-refractivity contribution is 0.440. The molecule has 0 unspecified atom stereocenters. The standard InChI is InChI=1S/C16H14ClF2NO/c17-13-8-12(4-5-14(13)18)21-16-6-1-10(7-15(16)19)9-20-11-2-3-11/h1,4-8,11,20H,2-3,9H2. The molecule has 2 aromatic rings. The van der Waals surface area contributed by atoms with Crippen LogP contribution in [-0.4, -0.2) is 6.04 Å². The Morgan fingerprint density at radius 1 is 1.10 bits per heavy atom. The van der Waals surface area contributed by atoms with E-state index in [0.717, 1.165) is 5.56 Å². The summed E-state index contributed by atoms with van der Waals surface area (Å²) in [6.07, 6.45) is 2.38. The number of hydrogen-bond acceptors (Lipinski definition) is 2. The van der Waals surface area contributed by atoms with E-state index in [1.54, 1.807) is 12.1 Å². The Morgan fingerprint density at radius 2 is 1.90 bits per heavy atom. The molecule has 2 aromatic carbocycles. The first-order valence-corrected chi connectivity index (χ1v) is 7.14. The molecule has 0 aromatic heterocycles. The molecule has 1 aliphatic carbocycles. The van der Waals surface area contributed by atoms with Crippen LogP contribution < -0.4 is 10.1 Å². The molecule has 0 aliphatic heterocycles. The highest BCUT2D eigenvalue weighted by molar-refractivity contribution is 6.30. The van der Waals surface area contributed by atoms with Crippen molar-refractivity contribution in [2.24, 2.45) is 0 Å². The Morgan fingerprint density at radius 3 is 2.57 bits per heavy atom. The number of ether oxygens (including phenoxy) is 1. The molecule has 1 aliphatic rings. The normalized spacial score (nSPS) is 14.2. The lowest BCUT2D eigenvalue weighted by Gasteiger charge is -2.09. The fourth-order valence-corrected chi connectivity index (χ4v) is 2.12. The van der Waals surface area contributed by atoms with Gasteiger partial charge in [0.15, 0.2) is 11.6 Å². The van der Waals surface area contributed by atoms with E-state index in [2.05, 4.69) is 5.32 Å². The molecule has 0 amide bonds. The van der Waals surface area contributed by atoms with E-state index in [1.165, 1.54) is 37.1 Å². The first-order chi connectivity index (χ1) is 10.1. The Kier molecular flexibility index (Phi) is 4.08. The molecular formula is C16H14ClF2NO. The maximum Gasteiger partial charge on any atom is 0.166 e. The fraction of sp³-hybridized carbons (Fsp3) is 0.250. The van der Waals surface area contributed by atoms with Crippen molar-refractivity contribution >= 4 is 11.6 Å². The van der Waals surface area contributed by atoms with Gasteiger partial charge in [0.05, 0.1) is 5.02 Å². The van der Waals surface area contributed by atoms with Crippen molar-refractivity contribution in [1.82, 2.24) is 5.32 Å². The molecular weight excluding hydrogens is 296 g/mol. The summed E-state index contributed by atoms with van der Waals surface area (Å²) in [7, 11) is 0. The van der Waals surface area contributed by atoms with Crippen LogP contribution >= 0.6 is 11.6 Å². The molecule has 1 N–H and O–H groups in total. The quantitative estimate of drug-likeness (QED) is 0.867. The van der Waals surface area contributed by atoms with Crippen LogP contribution in [0.3, 0.4) is 0 Å². The van der Waals surface area contributed by atoms with Crippen LogP contribution in [0.15, 0.2) is 36.4 Å². The first-order valence-electron chi connectivity index (χ1n) is 6.76. The number of rotatable bonds is 5. The molecule has 0 spiro atoms. The molecule has 0 atom stereocenters. The molecule has 1 saturated carbocycles. The third-order valence-corrected chi connectivity index (χ3v) is 3.58. The Bertz CT molecular complexity index is 659. The third kappa shape index (κ3) is 3.71. The van der Waals surface area contributed by atoms with E-state index in [1.807, 2.05) is 0 Å². The summed E-state index contributed by atoms with van der Waals surface area (Å²) in [5, 5.41) is 3.26. The highest BCUT2D eigenvalue weighted by Gasteiger charge is 2.20. The molecule has 110 valence electrons. The van der Waals surface area contributed by atoms with E-state index in [9.17, 15) is 8.78 Å². The van der Waals surface area contributed by atoms with Crippen molar-refractivity contribution in [3.63, 3.8) is 0 Å². The van der Waals surface area contributed by atoms with E-state index in [4.69, 9.17) is 16.3 Å². The van der Waals surface area contributed by atoms with Gasteiger partial charge in [-0.15, -0.1) is 0 Å². The zero-order valence-electron chi connectivity index (χ0n) is 11.2. The largest absolute Gasteiger partial charge is 0.454 e. The lowest BCUT2D eigenvalue weighted by Crippen LogP contribution is -2.15. The maximum atomic E-state index is 14.0. The molecule has 0 bridgehead atoms. The van der Waals surface area contributed by atoms with Gasteiger partial charge in [-0.1, -0.05) is 17.7 Å². The first kappa shape index (κ1) is 14.3. The average Bonchev–Trinajstić information content (AvgIpc) is 3.27. The predicted octanol–water partition coefficient (Wildman–Crippen LogP) is 4.66. The van der Waals surface area contributed by atoms with Crippen LogP contribution in [0.4, 0.5) is 8.78 Å². The van der Waals surface area contributed by atoms with Crippen molar-refractivity contribution in [3.05, 3.63) is 58.6 Å². The molecule has 0 saturated heterocycles. The minimum atomic E-state index is -0.536. The van der Waals surface area contributed by atoms with E-state index in [-0.39, 0.29) is 10.8 Å². The minimum absolute atomic E-state index is 0.0573. The summed E-state index contributed by atoms with van der Waals surface area (Å²) in [6.45, 7) is 0.643. The molecule has 5 heteroatoms. The molecule has 0 heterocycles. The molecule has 1 fully saturated rings. The van der Waals surface area contributed by atoms with E-state index < -0.39 is 11.6 Å². The van der Waals surface area contributed by atoms with Crippen LogP contribution in [0.5, 0.6) is 11.5 Å². The van der Waals surface area contributed by atoms with Gasteiger partial charge in [-0.2, -0.15) is 0 Å². The van der Waals surface area contributed by atoms with Gasteiger partial charge in [0, 0.05) is 18.7 Å². The Balaban J connectivity index is 1.70. The van der Waals surface area contributed by atoms with Gasteiger partial charge in [0.25, 0.3) is 0 Å². The Labute approximate surface area is 126 Å². The SMILES string of the molecule is Fc1ccc(Oc2ccc(CNC3CC3)cc2F)cc1Cl. The van der Waals surface area contributed by atoms with Gasteiger partial charge in [0.2, 0.25) is 0 Å². The van der Waals surface area contributed by atoms with Gasteiger partial charge in [-0.05, 0) is 42.7 Å². The second kappa shape index (κ2) is 6.00. The highest BCUT2D eigenvalue weighted by Crippen LogP contribution is 2.28. The second-order valence-corrected chi connectivity index (χ2v) is 5.51. The van der Waals surface area contributed by atoms with Gasteiger partial charge in [0.1, 0.15) is 11.6 Å². The topological polar surface area (TPSA) is 21.3 Å². The molecule has 21 heavy (non-hydrogen) atoms. The molecule has 2 nitrogen and oxygen atoms in total. The second-order valence-electron chi connectivity index (χ2n) is 5.10. The van der Waals surface area contributed by atoms with Crippen LogP contribution in [0.1, 0.15) is 18.4 Å². The van der Waals surface area contributed by atoms with Crippen molar-refractivity contribution in [2.75, 3.05) is 0 Å². The van der Waals surface area contributed by atoms with Gasteiger partial charge >= 0.3 is 0 Å². The minimum Gasteiger partial charge on any atom is -0.454 e. The van der Waals surface area contributed by atoms with Gasteiger partial charge in [-0.25, -0.2) is 8.78 Å². The summed E-state index contributed by atoms with van der Waals surface area (Å²) < 4.78 is 32.4. The number of benzene rings is 2. The third-order valence-electron chi connectivity index (χ3n) is 3.29. The van der Waals surface area contributed by atoms with Crippen LogP contribution in [0, 0.1) is 11.6 Å². The van der Waals surface area contributed by atoms with Crippen LogP contribution in [0.25, 0.3) is 0 Å². The van der Waals surface area contributed by atoms with Crippen molar-refractivity contribution in [1.29, 1.82) is 0 Å². The predicted molar refractivity (Wildman–Crippen MR) is 77.7 cm³/mol. The van der Waals surface area contributed by atoms with Crippen LogP contribution in [-0.2, 0) is 6.54 Å². The van der Waals surface area contributed by atoms with Crippen molar-refractivity contribution in [2.45, 2.75) is 25.4 Å². The molecule has 3 rings (SSSR count). The number of nitrogens with one attached hydrogen (secondary N) is 1. The van der Waals surface area contributed by atoms with Crippen LogP contribution in [0.2, 0.25) is 5.02 Å².